The van der Waals surface area contributed by atoms with E-state index in [1.54, 1.807) is 0 Å². The van der Waals surface area contributed by atoms with Gasteiger partial charge in [0.2, 0.25) is 5.95 Å². The van der Waals surface area contributed by atoms with Gasteiger partial charge < -0.3 is 9.80 Å². The predicted molar refractivity (Wildman–Crippen MR) is 60.1 cm³/mol. The molecule has 0 aliphatic carbocycles. The van der Waals surface area contributed by atoms with E-state index in [0.717, 1.165) is 23.9 Å². The Morgan fingerprint density at radius 3 is 2.14 bits per heavy atom. The lowest BCUT2D eigenvalue weighted by Gasteiger charge is -2.16. The maximum atomic E-state index is 4.42. The average Bonchev–Trinajstić information content (AvgIpc) is 2.16. The summed E-state index contributed by atoms with van der Waals surface area (Å²) in [5, 5.41) is 0. The molecule has 0 saturated carbocycles. The van der Waals surface area contributed by atoms with E-state index in [1.807, 2.05) is 44.1 Å². The first-order valence-corrected chi connectivity index (χ1v) is 4.77. The SMILES string of the molecule is CCc1cc(N(C)C)nc(N(C)C)n1. The van der Waals surface area contributed by atoms with Gasteiger partial charge in [0, 0.05) is 40.0 Å². The quantitative estimate of drug-likeness (QED) is 0.723. The van der Waals surface area contributed by atoms with Gasteiger partial charge in [-0.1, -0.05) is 6.92 Å². The van der Waals surface area contributed by atoms with Crippen LogP contribution in [0.4, 0.5) is 11.8 Å². The first-order valence-electron chi connectivity index (χ1n) is 4.77. The Hall–Kier alpha value is -1.32. The number of rotatable bonds is 3. The normalized spacial score (nSPS) is 10.1. The lowest BCUT2D eigenvalue weighted by atomic mass is 10.3. The van der Waals surface area contributed by atoms with Crippen LogP contribution in [0.15, 0.2) is 6.07 Å². The number of hydrogen-bond donors (Lipinski definition) is 0. The van der Waals surface area contributed by atoms with Crippen LogP contribution < -0.4 is 9.80 Å². The number of hydrogen-bond acceptors (Lipinski definition) is 4. The fourth-order valence-electron chi connectivity index (χ4n) is 1.08. The summed E-state index contributed by atoms with van der Waals surface area (Å²) in [6, 6.07) is 2.02. The minimum atomic E-state index is 0.771. The highest BCUT2D eigenvalue weighted by atomic mass is 15.3. The first kappa shape index (κ1) is 10.8. The zero-order valence-corrected chi connectivity index (χ0v) is 9.57. The van der Waals surface area contributed by atoms with Crippen LogP contribution in [0.1, 0.15) is 12.6 Å². The Morgan fingerprint density at radius 1 is 1.07 bits per heavy atom. The zero-order chi connectivity index (χ0) is 10.7. The van der Waals surface area contributed by atoms with Gasteiger partial charge in [0.05, 0.1) is 0 Å². The third-order valence-corrected chi connectivity index (χ3v) is 1.97. The number of aromatic nitrogens is 2. The van der Waals surface area contributed by atoms with Crippen LogP contribution in [0, 0.1) is 0 Å². The van der Waals surface area contributed by atoms with Gasteiger partial charge >= 0.3 is 0 Å². The highest BCUT2D eigenvalue weighted by Crippen LogP contribution is 2.14. The minimum Gasteiger partial charge on any atom is -0.363 e. The Labute approximate surface area is 85.6 Å². The van der Waals surface area contributed by atoms with Gasteiger partial charge in [0.25, 0.3) is 0 Å². The van der Waals surface area contributed by atoms with Crippen molar-refractivity contribution in [2.75, 3.05) is 38.0 Å². The molecule has 1 rings (SSSR count). The van der Waals surface area contributed by atoms with Gasteiger partial charge in [-0.2, -0.15) is 4.98 Å². The van der Waals surface area contributed by atoms with E-state index in [-0.39, 0.29) is 0 Å². The molecule has 0 radical (unpaired) electrons. The fourth-order valence-corrected chi connectivity index (χ4v) is 1.08. The molecule has 0 fully saturated rings. The minimum absolute atomic E-state index is 0.771. The average molecular weight is 194 g/mol. The highest BCUT2D eigenvalue weighted by molar-refractivity contribution is 5.44. The molecule has 0 atom stereocenters. The number of anilines is 2. The molecule has 4 heteroatoms. The van der Waals surface area contributed by atoms with Gasteiger partial charge in [0.1, 0.15) is 5.82 Å². The van der Waals surface area contributed by atoms with Crippen LogP contribution in [0.25, 0.3) is 0 Å². The molecule has 0 saturated heterocycles. The van der Waals surface area contributed by atoms with Gasteiger partial charge in [-0.05, 0) is 6.42 Å². The summed E-state index contributed by atoms with van der Waals surface area (Å²) in [7, 11) is 7.88. The smallest absolute Gasteiger partial charge is 0.227 e. The molecule has 0 bridgehead atoms. The summed E-state index contributed by atoms with van der Waals surface area (Å²) in [6.07, 6.45) is 0.935. The standard InChI is InChI=1S/C10H18N4/c1-6-8-7-9(13(2)3)12-10(11-8)14(4)5/h7H,6H2,1-5H3. The van der Waals surface area contributed by atoms with E-state index < -0.39 is 0 Å². The van der Waals surface area contributed by atoms with Crippen molar-refractivity contribution in [3.05, 3.63) is 11.8 Å². The van der Waals surface area contributed by atoms with E-state index in [0.29, 0.717) is 0 Å². The third-order valence-electron chi connectivity index (χ3n) is 1.97. The molecule has 0 aromatic carbocycles. The van der Waals surface area contributed by atoms with Crippen LogP contribution in [-0.2, 0) is 6.42 Å². The molecule has 0 spiro atoms. The van der Waals surface area contributed by atoms with Crippen LogP contribution in [0.2, 0.25) is 0 Å². The summed E-state index contributed by atoms with van der Waals surface area (Å²) < 4.78 is 0. The summed E-state index contributed by atoms with van der Waals surface area (Å²) in [4.78, 5) is 12.8. The second-order valence-electron chi connectivity index (χ2n) is 3.66. The lowest BCUT2D eigenvalue weighted by Crippen LogP contribution is -2.17. The molecule has 1 heterocycles. The van der Waals surface area contributed by atoms with E-state index in [2.05, 4.69) is 16.9 Å². The second-order valence-corrected chi connectivity index (χ2v) is 3.66. The van der Waals surface area contributed by atoms with Crippen LogP contribution in [-0.4, -0.2) is 38.2 Å². The van der Waals surface area contributed by atoms with Crippen molar-refractivity contribution in [1.29, 1.82) is 0 Å². The molecule has 0 N–H and O–H groups in total. The fraction of sp³-hybridized carbons (Fsp3) is 0.600. The topological polar surface area (TPSA) is 32.3 Å². The molecule has 1 aromatic rings. The Kier molecular flexibility index (Phi) is 3.28. The van der Waals surface area contributed by atoms with Crippen LogP contribution in [0.3, 0.4) is 0 Å². The van der Waals surface area contributed by atoms with Crippen molar-refractivity contribution < 1.29 is 0 Å². The van der Waals surface area contributed by atoms with Crippen molar-refractivity contribution in [2.24, 2.45) is 0 Å². The van der Waals surface area contributed by atoms with Crippen molar-refractivity contribution >= 4 is 11.8 Å². The summed E-state index contributed by atoms with van der Waals surface area (Å²) in [6.45, 7) is 2.10. The van der Waals surface area contributed by atoms with E-state index >= 15 is 0 Å². The van der Waals surface area contributed by atoms with Crippen LogP contribution >= 0.6 is 0 Å². The van der Waals surface area contributed by atoms with Crippen LogP contribution in [0.5, 0.6) is 0 Å². The third kappa shape index (κ3) is 2.34. The van der Waals surface area contributed by atoms with Gasteiger partial charge in [0.15, 0.2) is 0 Å². The predicted octanol–water partition coefficient (Wildman–Crippen LogP) is 1.17. The van der Waals surface area contributed by atoms with E-state index in [4.69, 9.17) is 0 Å². The molecule has 1 aromatic heterocycles. The van der Waals surface area contributed by atoms with Crippen molar-refractivity contribution in [3.63, 3.8) is 0 Å². The van der Waals surface area contributed by atoms with Crippen molar-refractivity contribution in [1.82, 2.24) is 9.97 Å². The summed E-state index contributed by atoms with van der Waals surface area (Å²) in [5.74, 6) is 1.73. The maximum Gasteiger partial charge on any atom is 0.227 e. The maximum absolute atomic E-state index is 4.42. The summed E-state index contributed by atoms with van der Waals surface area (Å²) in [5.41, 5.74) is 1.08. The molecule has 0 amide bonds. The molecule has 0 unspecified atom stereocenters. The van der Waals surface area contributed by atoms with Crippen molar-refractivity contribution in [2.45, 2.75) is 13.3 Å². The van der Waals surface area contributed by atoms with Gasteiger partial charge in [-0.15, -0.1) is 0 Å². The molecular weight excluding hydrogens is 176 g/mol. The van der Waals surface area contributed by atoms with E-state index in [9.17, 15) is 0 Å². The number of aryl methyl sites for hydroxylation is 1. The number of nitrogens with zero attached hydrogens (tertiary/aromatic N) is 4. The molecule has 0 aliphatic rings. The molecule has 4 nitrogen and oxygen atoms in total. The Morgan fingerprint density at radius 2 is 1.71 bits per heavy atom. The Balaban J connectivity index is 3.13. The van der Waals surface area contributed by atoms with Crippen molar-refractivity contribution in [3.8, 4) is 0 Å². The molecular formula is C10H18N4. The van der Waals surface area contributed by atoms with Gasteiger partial charge in [-0.25, -0.2) is 4.98 Å². The largest absolute Gasteiger partial charge is 0.363 e. The van der Waals surface area contributed by atoms with Gasteiger partial charge in [-0.3, -0.25) is 0 Å². The zero-order valence-electron chi connectivity index (χ0n) is 9.57. The highest BCUT2D eigenvalue weighted by Gasteiger charge is 2.06. The molecule has 0 aliphatic heterocycles. The van der Waals surface area contributed by atoms with E-state index in [1.165, 1.54) is 0 Å². The monoisotopic (exact) mass is 194 g/mol. The lowest BCUT2D eigenvalue weighted by molar-refractivity contribution is 0.920. The molecule has 14 heavy (non-hydrogen) atoms. The first-order chi connectivity index (χ1) is 6.54. The second kappa shape index (κ2) is 4.26. The Bertz CT molecular complexity index is 281. The summed E-state index contributed by atoms with van der Waals surface area (Å²) >= 11 is 0. The molecule has 78 valence electrons.